The molecule has 3 heteroatoms. The van der Waals surface area contributed by atoms with Gasteiger partial charge in [0.05, 0.1) is 5.69 Å². The lowest BCUT2D eigenvalue weighted by Gasteiger charge is -2.05. The summed E-state index contributed by atoms with van der Waals surface area (Å²) in [6.07, 6.45) is 0. The van der Waals surface area contributed by atoms with Gasteiger partial charge in [-0.3, -0.25) is 0 Å². The van der Waals surface area contributed by atoms with Crippen molar-refractivity contribution < 1.29 is 8.78 Å². The van der Waals surface area contributed by atoms with Gasteiger partial charge in [-0.15, -0.1) is 0 Å². The van der Waals surface area contributed by atoms with Crippen LogP contribution in [-0.2, 0) is 0 Å². The molecule has 0 aliphatic heterocycles. The lowest BCUT2D eigenvalue weighted by Crippen LogP contribution is -1.97. The van der Waals surface area contributed by atoms with Gasteiger partial charge in [-0.1, -0.05) is 6.07 Å². The topological polar surface area (TPSA) is 12.0 Å². The molecule has 1 N–H and O–H groups in total. The third-order valence-corrected chi connectivity index (χ3v) is 1.55. The smallest absolute Gasteiger partial charge is 0.182 e. The Kier molecular flexibility index (Phi) is 2.08. The fraction of sp³-hybridized carbons (Fsp3) is 0.250. The van der Waals surface area contributed by atoms with Crippen LogP contribution in [0.4, 0.5) is 14.5 Å². The Balaban J connectivity index is 3.29. The number of rotatable bonds is 1. The van der Waals surface area contributed by atoms with Crippen molar-refractivity contribution in [2.24, 2.45) is 0 Å². The van der Waals surface area contributed by atoms with Gasteiger partial charge in [0.25, 0.3) is 0 Å². The molecule has 0 fully saturated rings. The quantitative estimate of drug-likeness (QED) is 0.659. The molecule has 11 heavy (non-hydrogen) atoms. The number of benzene rings is 1. The van der Waals surface area contributed by atoms with Crippen LogP contribution in [0.15, 0.2) is 12.1 Å². The number of halogens is 2. The fourth-order valence-corrected chi connectivity index (χ4v) is 0.954. The van der Waals surface area contributed by atoms with Gasteiger partial charge < -0.3 is 5.32 Å². The van der Waals surface area contributed by atoms with Crippen LogP contribution in [0.25, 0.3) is 0 Å². The highest BCUT2D eigenvalue weighted by molar-refractivity contribution is 5.51. The van der Waals surface area contributed by atoms with Crippen LogP contribution in [0.2, 0.25) is 0 Å². The van der Waals surface area contributed by atoms with Gasteiger partial charge in [-0.25, -0.2) is 8.78 Å². The molecule has 0 atom stereocenters. The highest BCUT2D eigenvalue weighted by Crippen LogP contribution is 2.20. The lowest BCUT2D eigenvalue weighted by atomic mass is 10.2. The van der Waals surface area contributed by atoms with E-state index in [2.05, 4.69) is 5.32 Å². The third kappa shape index (κ3) is 1.31. The molecule has 0 saturated carbocycles. The summed E-state index contributed by atoms with van der Waals surface area (Å²) in [5, 5.41) is 2.59. The van der Waals surface area contributed by atoms with Gasteiger partial charge in [0.15, 0.2) is 11.6 Å². The van der Waals surface area contributed by atoms with Gasteiger partial charge in [0, 0.05) is 7.05 Å². The van der Waals surface area contributed by atoms with E-state index in [-0.39, 0.29) is 5.69 Å². The first-order valence-corrected chi connectivity index (χ1v) is 3.29. The van der Waals surface area contributed by atoms with E-state index in [0.717, 1.165) is 6.07 Å². The van der Waals surface area contributed by atoms with Crippen LogP contribution in [0.5, 0.6) is 0 Å². The van der Waals surface area contributed by atoms with Crippen molar-refractivity contribution in [3.63, 3.8) is 0 Å². The Morgan fingerprint density at radius 1 is 1.27 bits per heavy atom. The molecule has 0 bridgehead atoms. The van der Waals surface area contributed by atoms with E-state index in [0.29, 0.717) is 5.56 Å². The van der Waals surface area contributed by atoms with Crippen LogP contribution in [0.3, 0.4) is 0 Å². The van der Waals surface area contributed by atoms with E-state index < -0.39 is 11.6 Å². The van der Waals surface area contributed by atoms with Gasteiger partial charge in [0.1, 0.15) is 0 Å². The van der Waals surface area contributed by atoms with Crippen molar-refractivity contribution >= 4 is 5.69 Å². The summed E-state index contributed by atoms with van der Waals surface area (Å²) in [4.78, 5) is 0. The average Bonchev–Trinajstić information content (AvgIpc) is 1.99. The van der Waals surface area contributed by atoms with E-state index in [1.807, 2.05) is 0 Å². The van der Waals surface area contributed by atoms with Crippen molar-refractivity contribution in [1.29, 1.82) is 0 Å². The molecule has 1 aromatic rings. The molecule has 0 amide bonds. The molecule has 1 nitrogen and oxygen atoms in total. The Morgan fingerprint density at radius 3 is 2.36 bits per heavy atom. The predicted molar refractivity (Wildman–Crippen MR) is 40.6 cm³/mol. The zero-order valence-electron chi connectivity index (χ0n) is 6.41. The van der Waals surface area contributed by atoms with Crippen molar-refractivity contribution in [2.45, 2.75) is 6.92 Å². The minimum atomic E-state index is -0.819. The molecule has 0 heterocycles. The fourth-order valence-electron chi connectivity index (χ4n) is 0.954. The van der Waals surface area contributed by atoms with Crippen LogP contribution in [0, 0.1) is 18.6 Å². The molecular weight excluding hydrogens is 148 g/mol. The number of aryl methyl sites for hydroxylation is 1. The highest BCUT2D eigenvalue weighted by atomic mass is 19.2. The molecule has 0 aliphatic rings. The summed E-state index contributed by atoms with van der Waals surface area (Å²) in [6, 6.07) is 2.65. The van der Waals surface area contributed by atoms with Crippen LogP contribution in [0.1, 0.15) is 5.56 Å². The maximum absolute atomic E-state index is 12.8. The van der Waals surface area contributed by atoms with E-state index in [1.165, 1.54) is 6.07 Å². The first-order chi connectivity index (χ1) is 5.16. The second-order valence-corrected chi connectivity index (χ2v) is 2.30. The SMILES string of the molecule is CNc1c(C)ccc(F)c1F. The molecule has 0 aliphatic carbocycles. The standard InChI is InChI=1S/C8H9F2N/c1-5-3-4-6(9)7(10)8(5)11-2/h3-4,11H,1-2H3. The van der Waals surface area contributed by atoms with Crippen molar-refractivity contribution in [1.82, 2.24) is 0 Å². The van der Waals surface area contributed by atoms with Crippen molar-refractivity contribution in [3.8, 4) is 0 Å². The Bertz CT molecular complexity index is 271. The second-order valence-electron chi connectivity index (χ2n) is 2.30. The molecule has 1 rings (SSSR count). The molecule has 0 saturated heterocycles. The number of hydrogen-bond donors (Lipinski definition) is 1. The summed E-state index contributed by atoms with van der Waals surface area (Å²) >= 11 is 0. The van der Waals surface area contributed by atoms with E-state index in [9.17, 15) is 8.78 Å². The van der Waals surface area contributed by atoms with E-state index in [4.69, 9.17) is 0 Å². The first kappa shape index (κ1) is 7.98. The zero-order valence-corrected chi connectivity index (χ0v) is 6.41. The summed E-state index contributed by atoms with van der Waals surface area (Å²) in [7, 11) is 1.56. The van der Waals surface area contributed by atoms with E-state index >= 15 is 0 Å². The Labute approximate surface area is 64.0 Å². The number of anilines is 1. The molecule has 1 aromatic carbocycles. The highest BCUT2D eigenvalue weighted by Gasteiger charge is 2.08. The molecular formula is C8H9F2N. The molecule has 0 radical (unpaired) electrons. The van der Waals surface area contributed by atoms with E-state index in [1.54, 1.807) is 14.0 Å². The molecule has 0 aromatic heterocycles. The van der Waals surface area contributed by atoms with Crippen molar-refractivity contribution in [2.75, 3.05) is 12.4 Å². The minimum Gasteiger partial charge on any atom is -0.385 e. The third-order valence-electron chi connectivity index (χ3n) is 1.55. The molecule has 60 valence electrons. The normalized spacial score (nSPS) is 9.82. The number of nitrogens with one attached hydrogen (secondary N) is 1. The minimum absolute atomic E-state index is 0.227. The Hall–Kier alpha value is -1.12. The van der Waals surface area contributed by atoms with Gasteiger partial charge in [0.2, 0.25) is 0 Å². The maximum Gasteiger partial charge on any atom is 0.182 e. The zero-order chi connectivity index (χ0) is 8.43. The number of hydrogen-bond acceptors (Lipinski definition) is 1. The summed E-state index contributed by atoms with van der Waals surface area (Å²) in [6.45, 7) is 1.72. The van der Waals surface area contributed by atoms with Gasteiger partial charge in [-0.05, 0) is 18.6 Å². The van der Waals surface area contributed by atoms with Crippen LogP contribution in [-0.4, -0.2) is 7.05 Å². The predicted octanol–water partition coefficient (Wildman–Crippen LogP) is 2.31. The van der Waals surface area contributed by atoms with Crippen LogP contribution >= 0.6 is 0 Å². The average molecular weight is 157 g/mol. The lowest BCUT2D eigenvalue weighted by molar-refractivity contribution is 0.510. The van der Waals surface area contributed by atoms with Crippen LogP contribution < -0.4 is 5.32 Å². The van der Waals surface area contributed by atoms with Crippen molar-refractivity contribution in [3.05, 3.63) is 29.3 Å². The van der Waals surface area contributed by atoms with Gasteiger partial charge >= 0.3 is 0 Å². The molecule has 0 unspecified atom stereocenters. The molecule has 0 spiro atoms. The first-order valence-electron chi connectivity index (χ1n) is 3.29. The Morgan fingerprint density at radius 2 is 1.91 bits per heavy atom. The maximum atomic E-state index is 12.8. The van der Waals surface area contributed by atoms with Gasteiger partial charge in [-0.2, -0.15) is 0 Å². The second kappa shape index (κ2) is 2.86. The summed E-state index contributed by atoms with van der Waals surface area (Å²) in [5.41, 5.74) is 0.927. The monoisotopic (exact) mass is 157 g/mol. The summed E-state index contributed by atoms with van der Waals surface area (Å²) < 4.78 is 25.4. The summed E-state index contributed by atoms with van der Waals surface area (Å²) in [5.74, 6) is -1.63. The largest absolute Gasteiger partial charge is 0.385 e.